The monoisotopic (exact) mass is 407 g/mol. The third-order valence-corrected chi connectivity index (χ3v) is 5.32. The smallest absolute Gasteiger partial charge is 0.354 e. The molecule has 1 aliphatic rings. The Kier molecular flexibility index (Phi) is 5.75. The predicted octanol–water partition coefficient (Wildman–Crippen LogP) is 5.18. The Hall–Kier alpha value is -2.08. The molecule has 142 valence electrons. The third-order valence-electron chi connectivity index (χ3n) is 4.58. The van der Waals surface area contributed by atoms with Crippen LogP contribution in [-0.2, 0) is 21.0 Å². The summed E-state index contributed by atoms with van der Waals surface area (Å²) in [6, 6.07) is 12.7. The highest BCUT2D eigenvalue weighted by Crippen LogP contribution is 2.41. The zero-order valence-corrected chi connectivity index (χ0v) is 16.4. The molecule has 7 heteroatoms. The number of nitrogens with zero attached hydrogens (tertiary/aromatic N) is 1. The number of carbonyl (C=O) groups is 1. The molecule has 0 radical (unpaired) electrons. The Balaban J connectivity index is 1.99. The summed E-state index contributed by atoms with van der Waals surface area (Å²) in [6.07, 6.45) is -0.813. The Morgan fingerprint density at radius 1 is 1.26 bits per heavy atom. The van der Waals surface area contributed by atoms with Gasteiger partial charge in [0.15, 0.2) is 0 Å². The lowest BCUT2D eigenvalue weighted by Crippen LogP contribution is -2.46. The molecule has 0 aliphatic carbocycles. The zero-order chi connectivity index (χ0) is 19.6. The van der Waals surface area contributed by atoms with E-state index in [0.29, 0.717) is 21.3 Å². The topological polar surface area (TPSA) is 68.1 Å². The molecule has 27 heavy (non-hydrogen) atoms. The number of benzene rings is 2. The van der Waals surface area contributed by atoms with Crippen LogP contribution in [0.1, 0.15) is 36.1 Å². The van der Waals surface area contributed by atoms with Gasteiger partial charge in [-0.3, -0.25) is 0 Å². The minimum absolute atomic E-state index is 0.112. The summed E-state index contributed by atoms with van der Waals surface area (Å²) < 4.78 is 6.11. The summed E-state index contributed by atoms with van der Waals surface area (Å²) in [5.74, 6) is -1.15. The van der Waals surface area contributed by atoms with Gasteiger partial charge in [-0.25, -0.2) is 4.79 Å². The first-order valence-corrected chi connectivity index (χ1v) is 9.15. The van der Waals surface area contributed by atoms with Crippen molar-refractivity contribution < 1.29 is 19.5 Å². The van der Waals surface area contributed by atoms with Gasteiger partial charge in [0.25, 0.3) is 5.60 Å². The SMILES string of the molecule is CC1=NOC(C(=O)O)(C(OCc2ccccc2C)c2ccc(Cl)c(Cl)c2)C1. The van der Waals surface area contributed by atoms with Crippen LogP contribution >= 0.6 is 23.2 Å². The van der Waals surface area contributed by atoms with Crippen molar-refractivity contribution in [1.29, 1.82) is 0 Å². The lowest BCUT2D eigenvalue weighted by Gasteiger charge is -2.32. The highest BCUT2D eigenvalue weighted by Gasteiger charge is 2.54. The van der Waals surface area contributed by atoms with Crippen molar-refractivity contribution in [2.75, 3.05) is 0 Å². The largest absolute Gasteiger partial charge is 0.478 e. The molecule has 2 unspecified atom stereocenters. The van der Waals surface area contributed by atoms with Crippen LogP contribution in [-0.4, -0.2) is 22.4 Å². The van der Waals surface area contributed by atoms with E-state index in [1.165, 1.54) is 0 Å². The average molecular weight is 408 g/mol. The number of hydrogen-bond donors (Lipinski definition) is 1. The molecule has 2 aromatic rings. The summed E-state index contributed by atoms with van der Waals surface area (Å²) in [6.45, 7) is 3.91. The Morgan fingerprint density at radius 3 is 2.59 bits per heavy atom. The van der Waals surface area contributed by atoms with Crippen molar-refractivity contribution in [1.82, 2.24) is 0 Å². The van der Waals surface area contributed by atoms with E-state index in [9.17, 15) is 9.90 Å². The van der Waals surface area contributed by atoms with E-state index in [-0.39, 0.29) is 13.0 Å². The highest BCUT2D eigenvalue weighted by atomic mass is 35.5. The number of carboxylic acids is 1. The molecule has 2 atom stereocenters. The van der Waals surface area contributed by atoms with Crippen LogP contribution in [0.3, 0.4) is 0 Å². The van der Waals surface area contributed by atoms with Crippen LogP contribution in [0.2, 0.25) is 10.0 Å². The van der Waals surface area contributed by atoms with Gasteiger partial charge in [0.05, 0.1) is 22.4 Å². The van der Waals surface area contributed by atoms with E-state index in [1.807, 2.05) is 31.2 Å². The molecule has 3 rings (SSSR count). The quantitative estimate of drug-likeness (QED) is 0.715. The second-order valence-electron chi connectivity index (χ2n) is 6.58. The molecule has 1 N–H and O–H groups in total. The number of carboxylic acid groups (broad SMARTS) is 1. The van der Waals surface area contributed by atoms with Crippen LogP contribution in [0.25, 0.3) is 0 Å². The van der Waals surface area contributed by atoms with Crippen molar-refractivity contribution in [3.8, 4) is 0 Å². The molecular weight excluding hydrogens is 389 g/mol. The fourth-order valence-electron chi connectivity index (χ4n) is 3.09. The fraction of sp³-hybridized carbons (Fsp3) is 0.300. The maximum absolute atomic E-state index is 12.2. The third kappa shape index (κ3) is 3.95. The minimum Gasteiger partial charge on any atom is -0.478 e. The summed E-state index contributed by atoms with van der Waals surface area (Å²) >= 11 is 12.2. The van der Waals surface area contributed by atoms with Crippen LogP contribution in [0.15, 0.2) is 47.6 Å². The number of hydrogen-bond acceptors (Lipinski definition) is 4. The summed E-state index contributed by atoms with van der Waals surface area (Å²) in [5.41, 5.74) is 1.49. The predicted molar refractivity (Wildman–Crippen MR) is 104 cm³/mol. The molecular formula is C20H19Cl2NO4. The van der Waals surface area contributed by atoms with Crippen molar-refractivity contribution >= 4 is 34.9 Å². The van der Waals surface area contributed by atoms with E-state index >= 15 is 0 Å². The normalized spacial score (nSPS) is 20.1. The summed E-state index contributed by atoms with van der Waals surface area (Å²) in [5, 5.41) is 14.5. The van der Waals surface area contributed by atoms with E-state index in [1.54, 1.807) is 25.1 Å². The van der Waals surface area contributed by atoms with Crippen LogP contribution < -0.4 is 0 Å². The summed E-state index contributed by atoms with van der Waals surface area (Å²) in [4.78, 5) is 17.6. The van der Waals surface area contributed by atoms with Gasteiger partial charge < -0.3 is 14.7 Å². The Morgan fingerprint density at radius 2 is 2.00 bits per heavy atom. The molecule has 0 saturated carbocycles. The Bertz CT molecular complexity index is 899. The minimum atomic E-state index is -1.66. The molecule has 0 saturated heterocycles. The number of rotatable bonds is 6. The van der Waals surface area contributed by atoms with Gasteiger partial charge in [0, 0.05) is 6.42 Å². The van der Waals surface area contributed by atoms with E-state index in [0.717, 1.165) is 11.1 Å². The number of ether oxygens (including phenoxy) is 1. The maximum Gasteiger partial charge on any atom is 0.354 e. The lowest BCUT2D eigenvalue weighted by molar-refractivity contribution is -0.187. The molecule has 5 nitrogen and oxygen atoms in total. The van der Waals surface area contributed by atoms with Gasteiger partial charge in [0.2, 0.25) is 0 Å². The van der Waals surface area contributed by atoms with E-state index in [2.05, 4.69) is 5.16 Å². The van der Waals surface area contributed by atoms with Gasteiger partial charge in [0.1, 0.15) is 6.10 Å². The van der Waals surface area contributed by atoms with Crippen molar-refractivity contribution in [2.24, 2.45) is 5.16 Å². The van der Waals surface area contributed by atoms with Crippen LogP contribution in [0.4, 0.5) is 0 Å². The number of halogens is 2. The molecule has 2 aromatic carbocycles. The van der Waals surface area contributed by atoms with E-state index in [4.69, 9.17) is 32.8 Å². The number of aliphatic carboxylic acids is 1. The first-order chi connectivity index (χ1) is 12.8. The summed E-state index contributed by atoms with van der Waals surface area (Å²) in [7, 11) is 0. The van der Waals surface area contributed by atoms with Gasteiger partial charge in [-0.15, -0.1) is 0 Å². The number of oxime groups is 1. The van der Waals surface area contributed by atoms with Gasteiger partial charge in [-0.1, -0.05) is 58.7 Å². The molecule has 0 bridgehead atoms. The zero-order valence-electron chi connectivity index (χ0n) is 14.9. The molecule has 0 fully saturated rings. The van der Waals surface area contributed by atoms with E-state index < -0.39 is 17.7 Å². The second-order valence-corrected chi connectivity index (χ2v) is 7.39. The average Bonchev–Trinajstić information content (AvgIpc) is 3.03. The molecule has 1 heterocycles. The second kappa shape index (κ2) is 7.89. The number of aryl methyl sites for hydroxylation is 1. The van der Waals surface area contributed by atoms with Gasteiger partial charge >= 0.3 is 5.97 Å². The fourth-order valence-corrected chi connectivity index (χ4v) is 3.40. The lowest BCUT2D eigenvalue weighted by atomic mass is 9.86. The maximum atomic E-state index is 12.2. The van der Waals surface area contributed by atoms with Gasteiger partial charge in [-0.05, 0) is 42.7 Å². The first-order valence-electron chi connectivity index (χ1n) is 8.39. The van der Waals surface area contributed by atoms with Gasteiger partial charge in [-0.2, -0.15) is 0 Å². The standard InChI is InChI=1S/C20H19Cl2NO4/c1-12-5-3-4-6-15(12)11-26-18(14-7-8-16(21)17(22)9-14)20(19(24)25)10-13(2)23-27-20/h3-9,18H,10-11H2,1-2H3,(H,24,25). The molecule has 1 aliphatic heterocycles. The molecule has 0 amide bonds. The van der Waals surface area contributed by atoms with Crippen LogP contribution in [0.5, 0.6) is 0 Å². The highest BCUT2D eigenvalue weighted by molar-refractivity contribution is 6.42. The molecule has 0 spiro atoms. The first kappa shape index (κ1) is 19.7. The van der Waals surface area contributed by atoms with Crippen LogP contribution in [0, 0.1) is 6.92 Å². The Labute approximate surface area is 167 Å². The molecule has 0 aromatic heterocycles. The van der Waals surface area contributed by atoms with Crippen molar-refractivity contribution in [3.63, 3.8) is 0 Å². The van der Waals surface area contributed by atoms with Crippen molar-refractivity contribution in [2.45, 2.75) is 38.6 Å². The van der Waals surface area contributed by atoms with Crippen molar-refractivity contribution in [3.05, 3.63) is 69.2 Å².